The van der Waals surface area contributed by atoms with Crippen LogP contribution in [0.15, 0.2) is 119 Å². The molecule has 1 unspecified atom stereocenters. The lowest BCUT2D eigenvalue weighted by atomic mass is 10.1. The van der Waals surface area contributed by atoms with Gasteiger partial charge in [0.05, 0.1) is 5.57 Å². The first kappa shape index (κ1) is 31.2. The molecular weight excluding hydrogens is 569 g/mol. The molecule has 0 bridgehead atoms. The highest BCUT2D eigenvalue weighted by molar-refractivity contribution is 7.98. The van der Waals surface area contributed by atoms with Crippen LogP contribution in [-0.4, -0.2) is 39.0 Å². The summed E-state index contributed by atoms with van der Waals surface area (Å²) in [4.78, 5) is 16.9. The standard InChI is InChI=1S/C33H35F2N4OPS/c1-23(37-26-14-10-24(34)11-15-26)29(33(40)38-27-16-12-25(35)13-17-27)8-5-6-9-32-39(21-7-20-36-2)30-19-18-28(42-4)22-31(30)41(32)3/h5-6,8-19,22,36-37H,1,7,20-21H2,2-4H3,(H,38,40)/b6-5+,29-8+,32-9-. The Morgan fingerprint density at radius 2 is 1.62 bits per heavy atom. The average Bonchev–Trinajstić information content (AvgIpc) is 3.25. The van der Waals surface area contributed by atoms with Gasteiger partial charge in [0.15, 0.2) is 0 Å². The molecule has 5 nitrogen and oxygen atoms in total. The molecule has 4 rings (SSSR count). The highest BCUT2D eigenvalue weighted by Crippen LogP contribution is 2.52. The van der Waals surface area contributed by atoms with E-state index >= 15 is 0 Å². The molecular formula is C33H35F2N4OPS. The van der Waals surface area contributed by atoms with Crippen molar-refractivity contribution in [3.8, 4) is 0 Å². The summed E-state index contributed by atoms with van der Waals surface area (Å²) >= 11 is 1.74. The molecule has 1 amide bonds. The summed E-state index contributed by atoms with van der Waals surface area (Å²) in [6.45, 7) is 8.17. The number of halogens is 2. The number of benzene rings is 3. The summed E-state index contributed by atoms with van der Waals surface area (Å²) in [6, 6.07) is 18.0. The molecule has 3 aromatic rings. The van der Waals surface area contributed by atoms with E-state index in [1.807, 2.05) is 19.2 Å². The zero-order valence-corrected chi connectivity index (χ0v) is 25.7. The van der Waals surface area contributed by atoms with E-state index in [-0.39, 0.29) is 11.4 Å². The molecule has 1 aliphatic heterocycles. The van der Waals surface area contributed by atoms with Gasteiger partial charge >= 0.3 is 0 Å². The second-order valence-electron chi connectivity index (χ2n) is 9.58. The first-order valence-corrected chi connectivity index (χ1v) is 16.5. The van der Waals surface area contributed by atoms with Crippen molar-refractivity contribution in [1.29, 1.82) is 0 Å². The zero-order valence-electron chi connectivity index (χ0n) is 24.0. The number of amides is 1. The van der Waals surface area contributed by atoms with Gasteiger partial charge in [-0.25, -0.2) is 8.78 Å². The van der Waals surface area contributed by atoms with Crippen LogP contribution in [0.1, 0.15) is 6.42 Å². The lowest BCUT2D eigenvalue weighted by molar-refractivity contribution is -0.112. The molecule has 3 N–H and O–H groups in total. The van der Waals surface area contributed by atoms with Crippen LogP contribution in [0.4, 0.5) is 25.8 Å². The number of hydrogen-bond acceptors (Lipinski definition) is 5. The van der Waals surface area contributed by atoms with Gasteiger partial charge in [0.2, 0.25) is 0 Å². The number of nitrogens with zero attached hydrogens (tertiary/aromatic N) is 1. The van der Waals surface area contributed by atoms with Crippen LogP contribution in [-0.2, 0) is 4.79 Å². The summed E-state index contributed by atoms with van der Waals surface area (Å²) in [6.07, 6.45) is 10.7. The first-order valence-electron chi connectivity index (χ1n) is 13.5. The lowest BCUT2D eigenvalue weighted by Crippen LogP contribution is -2.23. The molecule has 0 saturated heterocycles. The van der Waals surface area contributed by atoms with E-state index in [1.54, 1.807) is 30.0 Å². The predicted molar refractivity (Wildman–Crippen MR) is 176 cm³/mol. The van der Waals surface area contributed by atoms with Crippen molar-refractivity contribution in [3.63, 3.8) is 0 Å². The van der Waals surface area contributed by atoms with Crippen LogP contribution in [0.5, 0.6) is 0 Å². The Labute approximate surface area is 252 Å². The largest absolute Gasteiger partial charge is 0.355 e. The maximum atomic E-state index is 13.4. The Balaban J connectivity index is 1.60. The van der Waals surface area contributed by atoms with Gasteiger partial charge in [-0.15, -0.1) is 11.8 Å². The summed E-state index contributed by atoms with van der Waals surface area (Å²) in [7, 11) is 1.42. The Morgan fingerprint density at radius 3 is 2.24 bits per heavy atom. The summed E-state index contributed by atoms with van der Waals surface area (Å²) < 4.78 is 26.8. The van der Waals surface area contributed by atoms with Crippen LogP contribution in [0.2, 0.25) is 0 Å². The van der Waals surface area contributed by atoms with Crippen molar-refractivity contribution >= 4 is 48.0 Å². The van der Waals surface area contributed by atoms with Crippen LogP contribution in [0.25, 0.3) is 0 Å². The van der Waals surface area contributed by atoms with Gasteiger partial charge in [0, 0.05) is 44.9 Å². The molecule has 1 aliphatic rings. The van der Waals surface area contributed by atoms with Crippen molar-refractivity contribution in [2.45, 2.75) is 11.3 Å². The van der Waals surface area contributed by atoms with E-state index in [1.165, 1.54) is 57.7 Å². The van der Waals surface area contributed by atoms with E-state index in [0.717, 1.165) is 19.5 Å². The summed E-state index contributed by atoms with van der Waals surface area (Å²) in [5.74, 6) is -1.17. The second kappa shape index (κ2) is 15.0. The summed E-state index contributed by atoms with van der Waals surface area (Å²) in [5.41, 5.74) is 4.17. The predicted octanol–water partition coefficient (Wildman–Crippen LogP) is 7.44. The highest BCUT2D eigenvalue weighted by Gasteiger charge is 2.30. The number of hydrogen-bond donors (Lipinski definition) is 3. The van der Waals surface area contributed by atoms with E-state index in [4.69, 9.17) is 0 Å². The molecule has 0 spiro atoms. The Morgan fingerprint density at radius 1 is 0.976 bits per heavy atom. The Bertz CT molecular complexity index is 1440. The Kier molecular flexibility index (Phi) is 11.1. The molecule has 0 aromatic heterocycles. The van der Waals surface area contributed by atoms with Gasteiger partial charge in [-0.3, -0.25) is 4.79 Å². The van der Waals surface area contributed by atoms with E-state index < -0.39 is 19.6 Å². The zero-order chi connectivity index (χ0) is 30.1. The number of thioether (sulfide) groups is 1. The number of fused-ring (bicyclic) bond motifs is 1. The van der Waals surface area contributed by atoms with Crippen LogP contribution >= 0.6 is 19.7 Å². The SMILES string of the molecule is C=C(Nc1ccc(F)cc1)\C(=C/C=C/C=C1/N(CCCNC)c2ccc(SC)cc2P1C)C(=O)Nc1ccc(F)cc1. The molecule has 1 heterocycles. The minimum Gasteiger partial charge on any atom is -0.355 e. The number of allylic oxidation sites excluding steroid dienone is 4. The molecule has 3 aromatic carbocycles. The molecule has 1 atom stereocenters. The topological polar surface area (TPSA) is 56.4 Å². The molecule has 0 saturated carbocycles. The van der Waals surface area contributed by atoms with Gasteiger partial charge in [-0.2, -0.15) is 0 Å². The lowest BCUT2D eigenvalue weighted by Gasteiger charge is -2.22. The number of rotatable bonds is 12. The fourth-order valence-corrected chi connectivity index (χ4v) is 7.04. The normalized spacial score (nSPS) is 15.7. The maximum Gasteiger partial charge on any atom is 0.257 e. The molecule has 0 radical (unpaired) electrons. The smallest absolute Gasteiger partial charge is 0.257 e. The quantitative estimate of drug-likeness (QED) is 0.0660. The number of anilines is 3. The third-order valence-electron chi connectivity index (χ3n) is 6.69. The molecule has 42 heavy (non-hydrogen) atoms. The van der Waals surface area contributed by atoms with Crippen LogP contribution in [0.3, 0.4) is 0 Å². The van der Waals surface area contributed by atoms with Crippen molar-refractivity contribution in [2.24, 2.45) is 0 Å². The number of carbonyl (C=O) groups excluding carboxylic acids is 1. The van der Waals surface area contributed by atoms with Crippen molar-refractivity contribution < 1.29 is 13.6 Å². The fourth-order valence-electron chi connectivity index (χ4n) is 4.52. The van der Waals surface area contributed by atoms with Gasteiger partial charge in [-0.05, 0) is 120 Å². The van der Waals surface area contributed by atoms with Crippen molar-refractivity contribution in [3.05, 3.63) is 126 Å². The number of nitrogens with one attached hydrogen (secondary N) is 3. The third kappa shape index (κ3) is 7.97. The van der Waals surface area contributed by atoms with E-state index in [2.05, 4.69) is 64.6 Å². The fraction of sp³-hybridized carbons (Fsp3) is 0.182. The average molecular weight is 605 g/mol. The molecule has 9 heteroatoms. The third-order valence-corrected chi connectivity index (χ3v) is 9.58. The van der Waals surface area contributed by atoms with Gasteiger partial charge in [0.1, 0.15) is 11.6 Å². The van der Waals surface area contributed by atoms with Gasteiger partial charge in [-0.1, -0.05) is 18.7 Å². The monoisotopic (exact) mass is 604 g/mol. The minimum atomic E-state index is -0.545. The first-order chi connectivity index (χ1) is 20.3. The van der Waals surface area contributed by atoms with Crippen LogP contribution < -0.4 is 26.2 Å². The number of carbonyl (C=O) groups is 1. The maximum absolute atomic E-state index is 13.4. The molecule has 218 valence electrons. The van der Waals surface area contributed by atoms with E-state index in [0.29, 0.717) is 17.1 Å². The second-order valence-corrected chi connectivity index (χ2v) is 12.5. The van der Waals surface area contributed by atoms with Gasteiger partial charge in [0.25, 0.3) is 5.91 Å². The minimum absolute atomic E-state index is 0.280. The van der Waals surface area contributed by atoms with Crippen LogP contribution in [0, 0.1) is 11.6 Å². The summed E-state index contributed by atoms with van der Waals surface area (Å²) in [5, 5.41) is 10.5. The van der Waals surface area contributed by atoms with Crippen molar-refractivity contribution in [1.82, 2.24) is 5.32 Å². The van der Waals surface area contributed by atoms with Crippen molar-refractivity contribution in [2.75, 3.05) is 48.6 Å². The van der Waals surface area contributed by atoms with Gasteiger partial charge < -0.3 is 20.9 Å². The van der Waals surface area contributed by atoms with E-state index in [9.17, 15) is 13.6 Å². The highest BCUT2D eigenvalue weighted by atomic mass is 32.2. The molecule has 0 aliphatic carbocycles. The molecule has 0 fully saturated rings. The Hall–Kier alpha value is -3.71.